The van der Waals surface area contributed by atoms with Crippen LogP contribution < -0.4 is 5.32 Å². The van der Waals surface area contributed by atoms with Gasteiger partial charge in [0.05, 0.1) is 0 Å². The lowest BCUT2D eigenvalue weighted by molar-refractivity contribution is 0.0232. The number of rotatable bonds is 7. The Hall–Kier alpha value is -1.14. The van der Waals surface area contributed by atoms with E-state index < -0.39 is 5.60 Å². The zero-order valence-corrected chi connectivity index (χ0v) is 16.2. The molecule has 134 valence electrons. The molecular formula is C18H26BrFN2O2. The molecule has 1 saturated carbocycles. The van der Waals surface area contributed by atoms with Crippen LogP contribution in [0, 0.1) is 5.82 Å². The van der Waals surface area contributed by atoms with E-state index in [1.807, 2.05) is 25.7 Å². The lowest BCUT2D eigenvalue weighted by Gasteiger charge is -2.27. The van der Waals surface area contributed by atoms with Crippen LogP contribution in [0.15, 0.2) is 22.7 Å². The minimum Gasteiger partial charge on any atom is -0.444 e. The van der Waals surface area contributed by atoms with Crippen molar-refractivity contribution < 1.29 is 13.9 Å². The van der Waals surface area contributed by atoms with Crippen LogP contribution in [0.3, 0.4) is 0 Å². The normalized spacial score (nSPS) is 14.5. The summed E-state index contributed by atoms with van der Waals surface area (Å²) in [5.74, 6) is -0.247. The van der Waals surface area contributed by atoms with Gasteiger partial charge in [-0.2, -0.15) is 0 Å². The van der Waals surface area contributed by atoms with E-state index in [4.69, 9.17) is 4.74 Å². The number of hydrogen-bond acceptors (Lipinski definition) is 3. The molecule has 0 unspecified atom stereocenters. The number of ether oxygens (including phenoxy) is 1. The number of benzene rings is 1. The molecule has 0 aliphatic heterocycles. The highest BCUT2D eigenvalue weighted by atomic mass is 79.9. The van der Waals surface area contributed by atoms with Crippen LogP contribution in [0.2, 0.25) is 0 Å². The molecule has 1 aromatic rings. The van der Waals surface area contributed by atoms with E-state index in [9.17, 15) is 9.18 Å². The third kappa shape index (κ3) is 6.40. The van der Waals surface area contributed by atoms with Gasteiger partial charge in [0.15, 0.2) is 0 Å². The molecule has 1 fully saturated rings. The zero-order chi connectivity index (χ0) is 17.7. The van der Waals surface area contributed by atoms with Crippen LogP contribution in [0.4, 0.5) is 9.18 Å². The molecule has 0 spiro atoms. The topological polar surface area (TPSA) is 41.6 Å². The second-order valence-corrected chi connectivity index (χ2v) is 8.03. The van der Waals surface area contributed by atoms with Gasteiger partial charge in [-0.25, -0.2) is 9.18 Å². The van der Waals surface area contributed by atoms with Crippen molar-refractivity contribution in [3.63, 3.8) is 0 Å². The largest absolute Gasteiger partial charge is 0.444 e. The Morgan fingerprint density at radius 2 is 2.12 bits per heavy atom. The summed E-state index contributed by atoms with van der Waals surface area (Å²) in [5.41, 5.74) is 0.555. The molecule has 2 rings (SSSR count). The van der Waals surface area contributed by atoms with Crippen molar-refractivity contribution in [1.82, 2.24) is 10.2 Å². The number of nitrogens with zero attached hydrogens (tertiary/aromatic N) is 1. The minimum atomic E-state index is -0.461. The number of hydrogen-bond donors (Lipinski definition) is 1. The van der Waals surface area contributed by atoms with Crippen LogP contribution in [0.1, 0.15) is 45.6 Å². The van der Waals surface area contributed by atoms with Crippen LogP contribution in [-0.2, 0) is 11.3 Å². The fraction of sp³-hybridized carbons (Fsp3) is 0.611. The van der Waals surface area contributed by atoms with Crippen molar-refractivity contribution in [1.29, 1.82) is 0 Å². The predicted molar refractivity (Wildman–Crippen MR) is 96.4 cm³/mol. The van der Waals surface area contributed by atoms with Crippen molar-refractivity contribution in [2.75, 3.05) is 13.1 Å². The first-order valence-electron chi connectivity index (χ1n) is 8.40. The van der Waals surface area contributed by atoms with Gasteiger partial charge >= 0.3 is 6.09 Å². The molecule has 1 aromatic carbocycles. The van der Waals surface area contributed by atoms with Crippen molar-refractivity contribution in [3.05, 3.63) is 34.1 Å². The van der Waals surface area contributed by atoms with Gasteiger partial charge in [0.1, 0.15) is 11.4 Å². The Kier molecular flexibility index (Phi) is 6.63. The van der Waals surface area contributed by atoms with E-state index in [0.717, 1.165) is 35.8 Å². The molecule has 1 amide bonds. The highest BCUT2D eigenvalue weighted by Crippen LogP contribution is 2.28. The Bertz CT molecular complexity index is 571. The molecule has 4 nitrogen and oxygen atoms in total. The number of halogens is 2. The number of amides is 1. The van der Waals surface area contributed by atoms with Crippen LogP contribution in [0.5, 0.6) is 0 Å². The van der Waals surface area contributed by atoms with Gasteiger partial charge in [-0.3, -0.25) is 0 Å². The molecule has 0 aromatic heterocycles. The molecule has 0 radical (unpaired) electrons. The molecular weight excluding hydrogens is 375 g/mol. The van der Waals surface area contributed by atoms with E-state index in [2.05, 4.69) is 21.2 Å². The van der Waals surface area contributed by atoms with Crippen LogP contribution in [0.25, 0.3) is 0 Å². The molecule has 0 heterocycles. The van der Waals surface area contributed by atoms with E-state index in [1.165, 1.54) is 12.1 Å². The van der Waals surface area contributed by atoms with Crippen molar-refractivity contribution in [2.45, 2.75) is 58.2 Å². The van der Waals surface area contributed by atoms with Gasteiger partial charge in [-0.05, 0) is 64.3 Å². The fourth-order valence-corrected chi connectivity index (χ4v) is 2.88. The summed E-state index contributed by atoms with van der Waals surface area (Å²) < 4.78 is 19.3. The lowest BCUT2D eigenvalue weighted by atomic mass is 10.2. The second kappa shape index (κ2) is 8.30. The van der Waals surface area contributed by atoms with Crippen LogP contribution >= 0.6 is 15.9 Å². The monoisotopic (exact) mass is 400 g/mol. The van der Waals surface area contributed by atoms with Crippen LogP contribution in [-0.4, -0.2) is 35.7 Å². The number of nitrogens with one attached hydrogen (secondary N) is 1. The van der Waals surface area contributed by atoms with Gasteiger partial charge in [0, 0.05) is 23.6 Å². The van der Waals surface area contributed by atoms with Crippen molar-refractivity contribution in [2.24, 2.45) is 0 Å². The first kappa shape index (κ1) is 19.2. The highest BCUT2D eigenvalue weighted by Gasteiger charge is 2.34. The zero-order valence-electron chi connectivity index (χ0n) is 14.6. The maximum absolute atomic E-state index is 13.1. The average Bonchev–Trinajstić information content (AvgIpc) is 3.27. The molecule has 0 bridgehead atoms. The van der Waals surface area contributed by atoms with Gasteiger partial charge in [-0.15, -0.1) is 0 Å². The Morgan fingerprint density at radius 3 is 2.71 bits per heavy atom. The average molecular weight is 401 g/mol. The van der Waals surface area contributed by atoms with E-state index in [0.29, 0.717) is 19.1 Å². The summed E-state index contributed by atoms with van der Waals surface area (Å²) in [6.45, 7) is 7.80. The first-order chi connectivity index (χ1) is 11.3. The summed E-state index contributed by atoms with van der Waals surface area (Å²) in [6, 6.07) is 5.03. The molecule has 1 aliphatic rings. The SMILES string of the molecule is CC(C)(C)OC(=O)N(CCCNCc1ccc(F)cc1Br)C1CC1. The number of carbonyl (C=O) groups excluding carboxylic acids is 1. The number of carbonyl (C=O) groups is 1. The third-order valence-electron chi connectivity index (χ3n) is 3.70. The Balaban J connectivity index is 1.72. The molecule has 0 atom stereocenters. The maximum atomic E-state index is 13.1. The first-order valence-corrected chi connectivity index (χ1v) is 9.20. The fourth-order valence-electron chi connectivity index (χ4n) is 2.39. The maximum Gasteiger partial charge on any atom is 0.410 e. The smallest absolute Gasteiger partial charge is 0.410 e. The van der Waals surface area contributed by atoms with Gasteiger partial charge in [-0.1, -0.05) is 22.0 Å². The van der Waals surface area contributed by atoms with E-state index in [-0.39, 0.29) is 11.9 Å². The third-order valence-corrected chi connectivity index (χ3v) is 4.44. The molecule has 1 aliphatic carbocycles. The van der Waals surface area contributed by atoms with E-state index >= 15 is 0 Å². The van der Waals surface area contributed by atoms with Gasteiger partial charge in [0.2, 0.25) is 0 Å². The molecule has 24 heavy (non-hydrogen) atoms. The summed E-state index contributed by atoms with van der Waals surface area (Å²) in [5, 5.41) is 3.33. The second-order valence-electron chi connectivity index (χ2n) is 7.17. The van der Waals surface area contributed by atoms with E-state index in [1.54, 1.807) is 6.07 Å². The van der Waals surface area contributed by atoms with Crippen molar-refractivity contribution in [3.8, 4) is 0 Å². The summed E-state index contributed by atoms with van der Waals surface area (Å²) >= 11 is 3.36. The quantitative estimate of drug-likeness (QED) is 0.686. The Labute approximate surface area is 151 Å². The highest BCUT2D eigenvalue weighted by molar-refractivity contribution is 9.10. The van der Waals surface area contributed by atoms with Gasteiger partial charge < -0.3 is 15.0 Å². The summed E-state index contributed by atoms with van der Waals surface area (Å²) in [7, 11) is 0. The molecule has 0 saturated heterocycles. The van der Waals surface area contributed by atoms with Crippen molar-refractivity contribution >= 4 is 22.0 Å². The minimum absolute atomic E-state index is 0.216. The predicted octanol–water partition coefficient (Wildman–Crippen LogP) is 4.47. The molecule has 6 heteroatoms. The lowest BCUT2D eigenvalue weighted by Crippen LogP contribution is -2.39. The molecule has 1 N–H and O–H groups in total. The summed E-state index contributed by atoms with van der Waals surface area (Å²) in [6.07, 6.45) is 2.77. The Morgan fingerprint density at radius 1 is 1.42 bits per heavy atom. The standard InChI is InChI=1S/C18H26BrFN2O2/c1-18(2,3)24-17(23)22(15-7-8-15)10-4-9-21-12-13-5-6-14(20)11-16(13)19/h5-6,11,15,21H,4,7-10,12H2,1-3H3. The van der Waals surface area contributed by atoms with Gasteiger partial charge in [0.25, 0.3) is 0 Å². The summed E-state index contributed by atoms with van der Waals surface area (Å²) in [4.78, 5) is 14.1.